The van der Waals surface area contributed by atoms with Crippen molar-refractivity contribution in [2.24, 2.45) is 0 Å². The summed E-state index contributed by atoms with van der Waals surface area (Å²) in [6.07, 6.45) is 1.37. The number of hydrogen-bond acceptors (Lipinski definition) is 4. The van der Waals surface area contributed by atoms with Crippen molar-refractivity contribution in [1.82, 2.24) is 9.97 Å². The van der Waals surface area contributed by atoms with E-state index in [0.717, 1.165) is 22.4 Å². The molecule has 5 nitrogen and oxygen atoms in total. The summed E-state index contributed by atoms with van der Waals surface area (Å²) in [6.45, 7) is 3.89. The van der Waals surface area contributed by atoms with Gasteiger partial charge < -0.3 is 14.5 Å². The first-order chi connectivity index (χ1) is 9.08. The predicted molar refractivity (Wildman–Crippen MR) is 72.9 cm³/mol. The maximum absolute atomic E-state index is 11.7. The first kappa shape index (κ1) is 13.1. The molecule has 0 amide bonds. The van der Waals surface area contributed by atoms with Gasteiger partial charge in [-0.3, -0.25) is 4.79 Å². The van der Waals surface area contributed by atoms with Crippen molar-refractivity contribution < 1.29 is 9.47 Å². The van der Waals surface area contributed by atoms with Crippen LogP contribution in [0.5, 0.6) is 11.5 Å². The van der Waals surface area contributed by atoms with Crippen molar-refractivity contribution in [3.05, 3.63) is 39.9 Å². The van der Waals surface area contributed by atoms with Crippen LogP contribution in [0.3, 0.4) is 0 Å². The van der Waals surface area contributed by atoms with Gasteiger partial charge in [0.25, 0.3) is 5.56 Å². The van der Waals surface area contributed by atoms with E-state index >= 15 is 0 Å². The first-order valence-corrected chi connectivity index (χ1v) is 5.85. The minimum Gasteiger partial charge on any atom is -0.496 e. The van der Waals surface area contributed by atoms with Gasteiger partial charge in [-0.2, -0.15) is 0 Å². The normalized spacial score (nSPS) is 10.3. The lowest BCUT2D eigenvalue weighted by atomic mass is 10.0. The molecule has 1 heterocycles. The maximum atomic E-state index is 11.7. The third-order valence-corrected chi connectivity index (χ3v) is 3.01. The first-order valence-electron chi connectivity index (χ1n) is 5.85. The Bertz CT molecular complexity index is 662. The number of ether oxygens (including phenoxy) is 2. The van der Waals surface area contributed by atoms with Crippen molar-refractivity contribution >= 4 is 0 Å². The van der Waals surface area contributed by atoms with Crippen molar-refractivity contribution in [3.8, 4) is 22.8 Å². The summed E-state index contributed by atoms with van der Waals surface area (Å²) in [5.74, 6) is 1.03. The van der Waals surface area contributed by atoms with Crippen LogP contribution in [0.25, 0.3) is 11.3 Å². The van der Waals surface area contributed by atoms with Crippen LogP contribution in [-0.4, -0.2) is 24.2 Å². The SMILES string of the molecule is COc1cc(C)c(-c2nc[nH]c(=O)c2OC)cc1C. The van der Waals surface area contributed by atoms with E-state index in [9.17, 15) is 4.79 Å². The lowest BCUT2D eigenvalue weighted by molar-refractivity contribution is 0.407. The van der Waals surface area contributed by atoms with Crippen LogP contribution in [0.15, 0.2) is 23.3 Å². The zero-order valence-corrected chi connectivity index (χ0v) is 11.4. The molecule has 19 heavy (non-hydrogen) atoms. The average Bonchev–Trinajstić information content (AvgIpc) is 2.40. The molecule has 100 valence electrons. The molecule has 2 rings (SSSR count). The van der Waals surface area contributed by atoms with Gasteiger partial charge in [0, 0.05) is 5.56 Å². The molecule has 1 aromatic carbocycles. The number of benzene rings is 1. The summed E-state index contributed by atoms with van der Waals surface area (Å²) >= 11 is 0. The van der Waals surface area contributed by atoms with Gasteiger partial charge in [-0.05, 0) is 37.1 Å². The topological polar surface area (TPSA) is 64.2 Å². The number of aryl methyl sites for hydroxylation is 2. The van der Waals surface area contributed by atoms with E-state index in [2.05, 4.69) is 9.97 Å². The molecule has 2 aromatic rings. The molecule has 0 fully saturated rings. The van der Waals surface area contributed by atoms with Crippen LogP contribution in [0.2, 0.25) is 0 Å². The Labute approximate surface area is 111 Å². The molecule has 0 unspecified atom stereocenters. The van der Waals surface area contributed by atoms with Gasteiger partial charge >= 0.3 is 0 Å². The monoisotopic (exact) mass is 260 g/mol. The summed E-state index contributed by atoms with van der Waals surface area (Å²) in [7, 11) is 3.09. The highest BCUT2D eigenvalue weighted by Gasteiger charge is 2.15. The number of H-pyrrole nitrogens is 1. The van der Waals surface area contributed by atoms with Crippen molar-refractivity contribution in [3.63, 3.8) is 0 Å². The van der Waals surface area contributed by atoms with Crippen LogP contribution in [0, 0.1) is 13.8 Å². The van der Waals surface area contributed by atoms with Gasteiger partial charge in [0.15, 0.2) is 0 Å². The molecule has 0 spiro atoms. The van der Waals surface area contributed by atoms with Crippen LogP contribution >= 0.6 is 0 Å². The lowest BCUT2D eigenvalue weighted by Gasteiger charge is -2.12. The number of aromatic amines is 1. The van der Waals surface area contributed by atoms with E-state index in [0.29, 0.717) is 5.69 Å². The van der Waals surface area contributed by atoms with E-state index in [1.54, 1.807) is 7.11 Å². The quantitative estimate of drug-likeness (QED) is 0.917. The number of nitrogens with one attached hydrogen (secondary N) is 1. The molecule has 0 aliphatic rings. The number of methoxy groups -OCH3 is 2. The second-order valence-corrected chi connectivity index (χ2v) is 4.25. The fourth-order valence-electron chi connectivity index (χ4n) is 2.03. The molecule has 0 bridgehead atoms. The maximum Gasteiger partial charge on any atom is 0.293 e. The molecule has 5 heteroatoms. The average molecular weight is 260 g/mol. The summed E-state index contributed by atoms with van der Waals surface area (Å²) < 4.78 is 10.4. The third-order valence-electron chi connectivity index (χ3n) is 3.01. The zero-order chi connectivity index (χ0) is 14.0. The molecule has 0 aliphatic carbocycles. The second kappa shape index (κ2) is 5.14. The summed E-state index contributed by atoms with van der Waals surface area (Å²) in [4.78, 5) is 18.4. The molecular weight excluding hydrogens is 244 g/mol. The molecule has 0 saturated carbocycles. The Morgan fingerprint density at radius 1 is 1.11 bits per heavy atom. The van der Waals surface area contributed by atoms with Crippen LogP contribution in [0.1, 0.15) is 11.1 Å². The predicted octanol–water partition coefficient (Wildman–Crippen LogP) is 2.07. The van der Waals surface area contributed by atoms with Gasteiger partial charge in [0.2, 0.25) is 5.75 Å². The molecule has 0 aliphatic heterocycles. The van der Waals surface area contributed by atoms with E-state index in [1.807, 2.05) is 26.0 Å². The minimum atomic E-state index is -0.291. The second-order valence-electron chi connectivity index (χ2n) is 4.25. The minimum absolute atomic E-state index is 0.218. The summed E-state index contributed by atoms with van der Waals surface area (Å²) in [5, 5.41) is 0. The molecule has 0 atom stereocenters. The van der Waals surface area contributed by atoms with E-state index in [4.69, 9.17) is 9.47 Å². The largest absolute Gasteiger partial charge is 0.496 e. The van der Waals surface area contributed by atoms with Gasteiger partial charge in [0.05, 0.1) is 20.5 Å². The molecule has 1 aromatic heterocycles. The van der Waals surface area contributed by atoms with E-state index < -0.39 is 0 Å². The van der Waals surface area contributed by atoms with E-state index in [-0.39, 0.29) is 11.3 Å². The van der Waals surface area contributed by atoms with Crippen molar-refractivity contribution in [2.45, 2.75) is 13.8 Å². The van der Waals surface area contributed by atoms with Crippen LogP contribution in [-0.2, 0) is 0 Å². The summed E-state index contributed by atoms with van der Waals surface area (Å²) in [5.41, 5.74) is 3.06. The number of nitrogens with zero attached hydrogens (tertiary/aromatic N) is 1. The Balaban J connectivity index is 2.69. The summed E-state index contributed by atoms with van der Waals surface area (Å²) in [6, 6.07) is 3.87. The smallest absolute Gasteiger partial charge is 0.293 e. The Hall–Kier alpha value is -2.30. The van der Waals surface area contributed by atoms with Gasteiger partial charge in [0.1, 0.15) is 11.4 Å². The number of rotatable bonds is 3. The number of aromatic nitrogens is 2. The lowest BCUT2D eigenvalue weighted by Crippen LogP contribution is -2.11. The van der Waals surface area contributed by atoms with Crippen LogP contribution in [0.4, 0.5) is 0 Å². The fraction of sp³-hybridized carbons (Fsp3) is 0.286. The fourth-order valence-corrected chi connectivity index (χ4v) is 2.03. The standard InChI is InChI=1S/C14H16N2O3/c1-8-6-11(18-3)9(2)5-10(8)12-13(19-4)14(17)16-7-15-12/h5-7H,1-4H3,(H,15,16,17). The van der Waals surface area contributed by atoms with Gasteiger partial charge in [-0.25, -0.2) is 4.98 Å². The molecule has 0 saturated heterocycles. The van der Waals surface area contributed by atoms with Crippen LogP contribution < -0.4 is 15.0 Å². The molecule has 0 radical (unpaired) electrons. The van der Waals surface area contributed by atoms with Crippen molar-refractivity contribution in [1.29, 1.82) is 0 Å². The van der Waals surface area contributed by atoms with Crippen molar-refractivity contribution in [2.75, 3.05) is 14.2 Å². The van der Waals surface area contributed by atoms with E-state index in [1.165, 1.54) is 13.4 Å². The highest BCUT2D eigenvalue weighted by atomic mass is 16.5. The highest BCUT2D eigenvalue weighted by molar-refractivity contribution is 5.70. The Morgan fingerprint density at radius 3 is 2.47 bits per heavy atom. The number of hydrogen-bond donors (Lipinski definition) is 1. The highest BCUT2D eigenvalue weighted by Crippen LogP contribution is 2.31. The van der Waals surface area contributed by atoms with Gasteiger partial charge in [-0.15, -0.1) is 0 Å². The Kier molecular flexibility index (Phi) is 3.55. The zero-order valence-electron chi connectivity index (χ0n) is 11.4. The van der Waals surface area contributed by atoms with Gasteiger partial charge in [-0.1, -0.05) is 0 Å². The Morgan fingerprint density at radius 2 is 1.84 bits per heavy atom. The molecule has 1 N–H and O–H groups in total. The molecular formula is C14H16N2O3. The third kappa shape index (κ3) is 2.31.